The Bertz CT molecular complexity index is 443. The first-order valence-corrected chi connectivity index (χ1v) is 6.05. The van der Waals surface area contributed by atoms with Gasteiger partial charge in [-0.3, -0.25) is 4.79 Å². The summed E-state index contributed by atoms with van der Waals surface area (Å²) >= 11 is 0. The number of hydrogen-bond donors (Lipinski definition) is 1. The summed E-state index contributed by atoms with van der Waals surface area (Å²) in [6.07, 6.45) is -4.11. The van der Waals surface area contributed by atoms with Gasteiger partial charge in [0.05, 0.1) is 13.1 Å². The van der Waals surface area contributed by atoms with Crippen molar-refractivity contribution in [2.24, 2.45) is 0 Å². The van der Waals surface area contributed by atoms with Crippen molar-refractivity contribution >= 4 is 5.78 Å². The van der Waals surface area contributed by atoms with Crippen LogP contribution in [0.4, 0.5) is 13.2 Å². The van der Waals surface area contributed by atoms with Crippen LogP contribution in [-0.2, 0) is 11.2 Å². The Morgan fingerprint density at radius 1 is 1.16 bits per heavy atom. The summed E-state index contributed by atoms with van der Waals surface area (Å²) in [4.78, 5) is 11.7. The van der Waals surface area contributed by atoms with Crippen molar-refractivity contribution in [3.63, 3.8) is 0 Å². The predicted octanol–water partition coefficient (Wildman–Crippen LogP) is 2.88. The molecule has 2 nitrogen and oxygen atoms in total. The lowest BCUT2D eigenvalue weighted by atomic mass is 9.96. The minimum Gasteiger partial charge on any atom is -0.302 e. The summed E-state index contributed by atoms with van der Waals surface area (Å²) in [7, 11) is 0. The molecule has 1 N–H and O–H groups in total. The Kier molecular flexibility index (Phi) is 5.11. The molecule has 1 rings (SSSR count). The lowest BCUT2D eigenvalue weighted by molar-refractivity contribution is -0.127. The summed E-state index contributed by atoms with van der Waals surface area (Å²) in [5.74, 6) is -0.237. The minimum absolute atomic E-state index is 0.169. The number of halogens is 3. The van der Waals surface area contributed by atoms with Crippen LogP contribution >= 0.6 is 0 Å². The third-order valence-electron chi connectivity index (χ3n) is 2.86. The summed E-state index contributed by atoms with van der Waals surface area (Å²) in [5, 5.41) is 2.12. The number of rotatable bonds is 5. The fourth-order valence-corrected chi connectivity index (χ4v) is 2.09. The van der Waals surface area contributed by atoms with Crippen molar-refractivity contribution in [1.82, 2.24) is 5.32 Å². The molecule has 0 aliphatic carbocycles. The summed E-state index contributed by atoms with van der Waals surface area (Å²) in [6.45, 7) is 4.39. The van der Waals surface area contributed by atoms with Gasteiger partial charge in [-0.15, -0.1) is 0 Å². The van der Waals surface area contributed by atoms with Crippen molar-refractivity contribution in [2.45, 2.75) is 33.4 Å². The number of benzene rings is 1. The number of ketones is 1. The maximum Gasteiger partial charge on any atom is 0.401 e. The second-order valence-electron chi connectivity index (χ2n) is 4.81. The van der Waals surface area contributed by atoms with Gasteiger partial charge in [0.25, 0.3) is 0 Å². The predicted molar refractivity (Wildman–Crippen MR) is 68.3 cm³/mol. The van der Waals surface area contributed by atoms with Crippen LogP contribution in [0.15, 0.2) is 12.1 Å². The normalized spacial score (nSPS) is 11.7. The van der Waals surface area contributed by atoms with Crippen LogP contribution in [0.3, 0.4) is 0 Å². The number of hydrogen-bond acceptors (Lipinski definition) is 2. The highest BCUT2D eigenvalue weighted by Crippen LogP contribution is 2.17. The fourth-order valence-electron chi connectivity index (χ4n) is 2.09. The monoisotopic (exact) mass is 273 g/mol. The average Bonchev–Trinajstić information content (AvgIpc) is 2.21. The van der Waals surface area contributed by atoms with E-state index in [1.165, 1.54) is 0 Å². The topological polar surface area (TPSA) is 29.1 Å². The lowest BCUT2D eigenvalue weighted by Crippen LogP contribution is -2.33. The maximum absolute atomic E-state index is 11.9. The molecule has 0 bridgehead atoms. The van der Waals surface area contributed by atoms with E-state index in [1.807, 2.05) is 32.9 Å². The zero-order valence-electron chi connectivity index (χ0n) is 11.3. The molecule has 1 aromatic carbocycles. The molecule has 0 unspecified atom stereocenters. The van der Waals surface area contributed by atoms with Gasteiger partial charge in [-0.2, -0.15) is 13.2 Å². The van der Waals surface area contributed by atoms with Crippen LogP contribution in [0.5, 0.6) is 0 Å². The van der Waals surface area contributed by atoms with Gasteiger partial charge < -0.3 is 5.32 Å². The number of carbonyl (C=O) groups is 1. The van der Waals surface area contributed by atoms with Crippen LogP contribution < -0.4 is 5.32 Å². The molecule has 0 atom stereocenters. The summed E-state index contributed by atoms with van der Waals surface area (Å²) < 4.78 is 35.8. The van der Waals surface area contributed by atoms with Gasteiger partial charge >= 0.3 is 6.18 Å². The third-order valence-corrected chi connectivity index (χ3v) is 2.86. The Labute approximate surface area is 111 Å². The van der Waals surface area contributed by atoms with Crippen LogP contribution in [0.25, 0.3) is 0 Å². The standard InChI is InChI=1S/C14H18F3NO/c1-9-4-10(2)13(11(3)5-9)6-12(19)7-18-8-14(15,16)17/h4-5,18H,6-8H2,1-3H3. The Balaban J connectivity index is 2.58. The summed E-state index contributed by atoms with van der Waals surface area (Å²) in [5.41, 5.74) is 4.02. The van der Waals surface area contributed by atoms with Gasteiger partial charge in [0, 0.05) is 6.42 Å². The smallest absolute Gasteiger partial charge is 0.302 e. The largest absolute Gasteiger partial charge is 0.401 e. The third kappa shape index (κ3) is 5.42. The number of alkyl halides is 3. The van der Waals surface area contributed by atoms with Crippen molar-refractivity contribution in [2.75, 3.05) is 13.1 Å². The van der Waals surface area contributed by atoms with Crippen molar-refractivity contribution in [3.8, 4) is 0 Å². The van der Waals surface area contributed by atoms with Crippen LogP contribution in [-0.4, -0.2) is 25.0 Å². The molecule has 0 saturated heterocycles. The second-order valence-corrected chi connectivity index (χ2v) is 4.81. The van der Waals surface area contributed by atoms with E-state index in [1.54, 1.807) is 0 Å². The van der Waals surface area contributed by atoms with Gasteiger partial charge in [-0.25, -0.2) is 0 Å². The molecule has 0 amide bonds. The van der Waals surface area contributed by atoms with Gasteiger partial charge in [-0.1, -0.05) is 17.7 Å². The highest BCUT2D eigenvalue weighted by molar-refractivity contribution is 5.83. The van der Waals surface area contributed by atoms with Crippen LogP contribution in [0.2, 0.25) is 0 Å². The van der Waals surface area contributed by atoms with E-state index >= 15 is 0 Å². The Hall–Kier alpha value is -1.36. The molecule has 0 aliphatic heterocycles. The number of aryl methyl sites for hydroxylation is 3. The highest BCUT2D eigenvalue weighted by Gasteiger charge is 2.26. The molecule has 0 aliphatic rings. The molecular weight excluding hydrogens is 255 g/mol. The molecule has 19 heavy (non-hydrogen) atoms. The van der Waals surface area contributed by atoms with E-state index in [2.05, 4.69) is 5.32 Å². The van der Waals surface area contributed by atoms with Crippen molar-refractivity contribution in [1.29, 1.82) is 0 Å². The molecule has 106 valence electrons. The Morgan fingerprint density at radius 3 is 2.16 bits per heavy atom. The first kappa shape index (κ1) is 15.7. The van der Waals surface area contributed by atoms with Crippen molar-refractivity contribution in [3.05, 3.63) is 34.4 Å². The molecule has 1 aromatic rings. The second kappa shape index (κ2) is 6.19. The van der Waals surface area contributed by atoms with Gasteiger partial charge in [0.15, 0.2) is 5.78 Å². The average molecular weight is 273 g/mol. The molecule has 0 saturated carbocycles. The summed E-state index contributed by atoms with van der Waals surface area (Å²) in [6, 6.07) is 3.94. The van der Waals surface area contributed by atoms with E-state index in [4.69, 9.17) is 0 Å². The number of Topliss-reactive ketones (excluding diaryl/α,β-unsaturated/α-hetero) is 1. The lowest BCUT2D eigenvalue weighted by Gasteiger charge is -2.11. The minimum atomic E-state index is -4.28. The quantitative estimate of drug-likeness (QED) is 0.893. The maximum atomic E-state index is 11.9. The molecule has 0 aromatic heterocycles. The molecule has 0 fully saturated rings. The fraction of sp³-hybridized carbons (Fsp3) is 0.500. The van der Waals surface area contributed by atoms with Crippen LogP contribution in [0.1, 0.15) is 22.3 Å². The van der Waals surface area contributed by atoms with Crippen LogP contribution in [0, 0.1) is 20.8 Å². The van der Waals surface area contributed by atoms with Crippen molar-refractivity contribution < 1.29 is 18.0 Å². The zero-order valence-corrected chi connectivity index (χ0v) is 11.3. The van der Waals surface area contributed by atoms with E-state index in [9.17, 15) is 18.0 Å². The van der Waals surface area contributed by atoms with Gasteiger partial charge in [-0.05, 0) is 37.5 Å². The zero-order chi connectivity index (χ0) is 14.6. The van der Waals surface area contributed by atoms with E-state index in [0.29, 0.717) is 0 Å². The van der Waals surface area contributed by atoms with E-state index in [-0.39, 0.29) is 18.7 Å². The van der Waals surface area contributed by atoms with Gasteiger partial charge in [0.2, 0.25) is 0 Å². The van der Waals surface area contributed by atoms with Gasteiger partial charge in [0.1, 0.15) is 0 Å². The number of carbonyl (C=O) groups excluding carboxylic acids is 1. The van der Waals surface area contributed by atoms with E-state index < -0.39 is 12.7 Å². The van der Waals surface area contributed by atoms with E-state index in [0.717, 1.165) is 22.3 Å². The molecule has 0 spiro atoms. The molecule has 5 heteroatoms. The highest BCUT2D eigenvalue weighted by atomic mass is 19.4. The molecule has 0 heterocycles. The first-order valence-electron chi connectivity index (χ1n) is 6.05. The number of nitrogens with one attached hydrogen (secondary N) is 1. The molecule has 0 radical (unpaired) electrons. The Morgan fingerprint density at radius 2 is 1.68 bits per heavy atom. The first-order chi connectivity index (χ1) is 8.69. The molecular formula is C14H18F3NO. The SMILES string of the molecule is Cc1cc(C)c(CC(=O)CNCC(F)(F)F)c(C)c1.